The lowest BCUT2D eigenvalue weighted by molar-refractivity contribution is -0.124. The van der Waals surface area contributed by atoms with Crippen molar-refractivity contribution in [2.24, 2.45) is 23.2 Å². The number of rotatable bonds is 4. The van der Waals surface area contributed by atoms with Crippen LogP contribution in [0.4, 0.5) is 5.69 Å². The van der Waals surface area contributed by atoms with Crippen LogP contribution in [0, 0.1) is 23.2 Å². The number of anilines is 1. The van der Waals surface area contributed by atoms with Gasteiger partial charge in [0.2, 0.25) is 0 Å². The van der Waals surface area contributed by atoms with Crippen LogP contribution >= 0.6 is 0 Å². The fourth-order valence-electron chi connectivity index (χ4n) is 7.45. The van der Waals surface area contributed by atoms with Gasteiger partial charge in [-0.1, -0.05) is 0 Å². The summed E-state index contributed by atoms with van der Waals surface area (Å²) in [7, 11) is 0. The molecule has 6 aliphatic rings. The van der Waals surface area contributed by atoms with Gasteiger partial charge in [0.15, 0.2) is 5.78 Å². The van der Waals surface area contributed by atoms with Crippen molar-refractivity contribution in [1.29, 1.82) is 0 Å². The van der Waals surface area contributed by atoms with Gasteiger partial charge in [0.25, 0.3) is 0 Å². The summed E-state index contributed by atoms with van der Waals surface area (Å²) in [6.07, 6.45) is 13.6. The Labute approximate surface area is 168 Å². The van der Waals surface area contributed by atoms with Crippen LogP contribution in [0.3, 0.4) is 0 Å². The highest BCUT2D eigenvalue weighted by atomic mass is 16.5. The van der Waals surface area contributed by atoms with Crippen molar-refractivity contribution in [3.05, 3.63) is 29.3 Å². The van der Waals surface area contributed by atoms with Gasteiger partial charge in [-0.25, -0.2) is 0 Å². The maximum Gasteiger partial charge on any atom is 0.162 e. The molecule has 7 rings (SSSR count). The molecule has 0 unspecified atom stereocenters. The largest absolute Gasteiger partial charge is 0.488 e. The highest BCUT2D eigenvalue weighted by Gasteiger charge is 2.51. The Morgan fingerprint density at radius 1 is 1.04 bits per heavy atom. The zero-order chi connectivity index (χ0) is 18.7. The van der Waals surface area contributed by atoms with Crippen LogP contribution in [0.25, 0.3) is 6.08 Å². The van der Waals surface area contributed by atoms with Gasteiger partial charge in [-0.15, -0.1) is 0 Å². The van der Waals surface area contributed by atoms with E-state index in [1.807, 2.05) is 0 Å². The topological polar surface area (TPSA) is 29.5 Å². The molecular formula is C25H31NO2. The minimum Gasteiger partial charge on any atom is -0.488 e. The quantitative estimate of drug-likeness (QED) is 0.719. The van der Waals surface area contributed by atoms with Crippen LogP contribution in [-0.2, 0) is 4.79 Å². The molecule has 2 aliphatic heterocycles. The fraction of sp³-hybridized carbons (Fsp3) is 0.640. The second kappa shape index (κ2) is 6.37. The van der Waals surface area contributed by atoms with Gasteiger partial charge >= 0.3 is 0 Å². The zero-order valence-electron chi connectivity index (χ0n) is 16.8. The van der Waals surface area contributed by atoms with E-state index in [-0.39, 0.29) is 0 Å². The third-order valence-electron chi connectivity index (χ3n) is 8.24. The lowest BCUT2D eigenvalue weighted by atomic mass is 9.48. The molecule has 1 aromatic rings. The van der Waals surface area contributed by atoms with Crippen molar-refractivity contribution in [2.75, 3.05) is 24.6 Å². The second-order valence-electron chi connectivity index (χ2n) is 10.4. The Morgan fingerprint density at radius 3 is 2.39 bits per heavy atom. The number of hydrogen-bond donors (Lipinski definition) is 0. The van der Waals surface area contributed by atoms with Gasteiger partial charge in [-0.05, 0) is 92.7 Å². The summed E-state index contributed by atoms with van der Waals surface area (Å²) in [5.74, 6) is 3.99. The molecule has 4 saturated carbocycles. The minimum atomic E-state index is 0.312. The van der Waals surface area contributed by atoms with Crippen molar-refractivity contribution in [3.8, 4) is 5.75 Å². The van der Waals surface area contributed by atoms with E-state index < -0.39 is 0 Å². The highest BCUT2D eigenvalue weighted by Crippen LogP contribution is 2.61. The number of fused-ring (bicyclic) bond motifs is 1. The van der Waals surface area contributed by atoms with Crippen molar-refractivity contribution in [3.63, 3.8) is 0 Å². The van der Waals surface area contributed by atoms with E-state index in [0.717, 1.165) is 54.2 Å². The number of carbonyl (C=O) groups is 1. The van der Waals surface area contributed by atoms with Crippen molar-refractivity contribution >= 4 is 17.5 Å². The molecule has 28 heavy (non-hydrogen) atoms. The Kier molecular flexibility index (Phi) is 3.89. The Balaban J connectivity index is 1.20. The molecule has 1 aromatic carbocycles. The molecule has 4 bridgehead atoms. The molecule has 0 radical (unpaired) electrons. The highest BCUT2D eigenvalue weighted by molar-refractivity contribution is 6.01. The first-order chi connectivity index (χ1) is 13.7. The fourth-order valence-corrected chi connectivity index (χ4v) is 7.45. The summed E-state index contributed by atoms with van der Waals surface area (Å²) in [6, 6.07) is 6.49. The van der Waals surface area contributed by atoms with Gasteiger partial charge < -0.3 is 9.64 Å². The second-order valence-corrected chi connectivity index (χ2v) is 10.4. The third-order valence-corrected chi connectivity index (χ3v) is 8.24. The van der Waals surface area contributed by atoms with Crippen molar-refractivity contribution in [1.82, 2.24) is 0 Å². The first kappa shape index (κ1) is 17.1. The molecule has 4 aliphatic carbocycles. The van der Waals surface area contributed by atoms with Crippen molar-refractivity contribution in [2.45, 2.75) is 57.8 Å². The summed E-state index contributed by atoms with van der Waals surface area (Å²) < 4.78 is 6.06. The Morgan fingerprint density at radius 2 is 1.71 bits per heavy atom. The minimum absolute atomic E-state index is 0.312. The van der Waals surface area contributed by atoms with Crippen LogP contribution in [0.5, 0.6) is 5.75 Å². The molecule has 5 fully saturated rings. The lowest BCUT2D eigenvalue weighted by Crippen LogP contribution is -2.47. The van der Waals surface area contributed by atoms with Gasteiger partial charge in [-0.2, -0.15) is 0 Å². The maximum absolute atomic E-state index is 13.2. The summed E-state index contributed by atoms with van der Waals surface area (Å²) in [6.45, 7) is 2.73. The molecule has 0 atom stereocenters. The number of benzene rings is 1. The Hall–Kier alpha value is -1.77. The van der Waals surface area contributed by atoms with E-state index in [1.165, 1.54) is 57.1 Å². The van der Waals surface area contributed by atoms with Crippen LogP contribution < -0.4 is 9.64 Å². The molecule has 0 spiro atoms. The standard InChI is InChI=1S/C25H31NO2/c27-23(15-25-12-17-7-18(13-25)9-19(8-17)14-25)21-10-20-3-4-22(11-24(20)28-16-21)26-5-1-2-6-26/h3-4,10-11,17-19H,1-2,5-9,12-16H2. The molecule has 0 amide bonds. The normalized spacial score (nSPS) is 35.5. The number of ether oxygens (including phenoxy) is 1. The van der Waals surface area contributed by atoms with E-state index in [9.17, 15) is 4.79 Å². The monoisotopic (exact) mass is 377 g/mol. The Bertz CT molecular complexity index is 798. The molecule has 2 heterocycles. The smallest absolute Gasteiger partial charge is 0.162 e. The van der Waals surface area contributed by atoms with Gasteiger partial charge in [-0.3, -0.25) is 4.79 Å². The molecule has 1 saturated heterocycles. The van der Waals surface area contributed by atoms with Crippen LogP contribution in [0.15, 0.2) is 23.8 Å². The van der Waals surface area contributed by atoms with E-state index in [2.05, 4.69) is 29.2 Å². The molecule has 3 nitrogen and oxygen atoms in total. The number of hydrogen-bond acceptors (Lipinski definition) is 3. The molecule has 148 valence electrons. The molecule has 0 N–H and O–H groups in total. The molecular weight excluding hydrogens is 346 g/mol. The molecule has 3 heteroatoms. The van der Waals surface area contributed by atoms with Gasteiger partial charge in [0, 0.05) is 42.4 Å². The maximum atomic E-state index is 13.2. The average Bonchev–Trinajstić information content (AvgIpc) is 3.20. The predicted molar refractivity (Wildman–Crippen MR) is 112 cm³/mol. The van der Waals surface area contributed by atoms with Crippen LogP contribution in [0.2, 0.25) is 0 Å². The summed E-state index contributed by atoms with van der Waals surface area (Å²) in [5, 5.41) is 0. The number of ketones is 1. The van der Waals surface area contributed by atoms with Crippen LogP contribution in [0.1, 0.15) is 63.4 Å². The SMILES string of the molecule is O=C(CC12CC3CC(CC(C3)C1)C2)C1=Cc2ccc(N3CCCC3)cc2OC1. The van der Waals surface area contributed by atoms with E-state index in [1.54, 1.807) is 0 Å². The summed E-state index contributed by atoms with van der Waals surface area (Å²) >= 11 is 0. The average molecular weight is 378 g/mol. The van der Waals surface area contributed by atoms with Gasteiger partial charge in [0.1, 0.15) is 12.4 Å². The third kappa shape index (κ3) is 2.89. The van der Waals surface area contributed by atoms with E-state index >= 15 is 0 Å². The lowest BCUT2D eigenvalue weighted by Gasteiger charge is -2.56. The predicted octanol–water partition coefficient (Wildman–Crippen LogP) is 5.24. The summed E-state index contributed by atoms with van der Waals surface area (Å²) in [5.41, 5.74) is 3.53. The summed E-state index contributed by atoms with van der Waals surface area (Å²) in [4.78, 5) is 15.6. The van der Waals surface area contributed by atoms with E-state index in [0.29, 0.717) is 17.8 Å². The first-order valence-electron chi connectivity index (χ1n) is 11.4. The zero-order valence-corrected chi connectivity index (χ0v) is 16.8. The first-order valence-corrected chi connectivity index (χ1v) is 11.4. The number of Topliss-reactive ketones (excluding diaryl/α,β-unsaturated/α-hetero) is 1. The van der Waals surface area contributed by atoms with Crippen LogP contribution in [-0.4, -0.2) is 25.5 Å². The van der Waals surface area contributed by atoms with Crippen molar-refractivity contribution < 1.29 is 9.53 Å². The van der Waals surface area contributed by atoms with Gasteiger partial charge in [0.05, 0.1) is 0 Å². The number of carbonyl (C=O) groups excluding carboxylic acids is 1. The molecule has 0 aromatic heterocycles. The number of nitrogens with zero attached hydrogens (tertiary/aromatic N) is 1. The van der Waals surface area contributed by atoms with E-state index in [4.69, 9.17) is 4.74 Å².